The molecular weight excluding hydrogens is 285 g/mol. The molecule has 0 aliphatic rings. The Morgan fingerprint density at radius 2 is 2.12 bits per heavy atom. The first-order valence-corrected chi connectivity index (χ1v) is 6.99. The maximum absolute atomic E-state index is 6.15. The summed E-state index contributed by atoms with van der Waals surface area (Å²) in [7, 11) is 0. The van der Waals surface area contributed by atoms with Crippen molar-refractivity contribution in [1.82, 2.24) is 0 Å². The van der Waals surface area contributed by atoms with E-state index in [4.69, 9.17) is 34.8 Å². The Morgan fingerprint density at radius 1 is 1.44 bits per heavy atom. The molecule has 0 aliphatic heterocycles. The van der Waals surface area contributed by atoms with E-state index in [9.17, 15) is 0 Å². The number of anilines is 1. The standard InChI is InChI=1S/C11H12Cl3NS/c1-7-5-8(15-4-3-10(13)14)6-9(12)11(7)16-2/h3,5-6,15H,4H2,1-2H3. The number of hydrogen-bond donors (Lipinski definition) is 1. The second kappa shape index (κ2) is 6.65. The summed E-state index contributed by atoms with van der Waals surface area (Å²) < 4.78 is 0.260. The molecule has 0 heterocycles. The number of hydrogen-bond acceptors (Lipinski definition) is 2. The zero-order valence-corrected chi connectivity index (χ0v) is 12.1. The summed E-state index contributed by atoms with van der Waals surface area (Å²) in [6.45, 7) is 2.62. The van der Waals surface area contributed by atoms with Crippen LogP contribution in [0.15, 0.2) is 27.6 Å². The molecule has 1 aromatic carbocycles. The predicted molar refractivity (Wildman–Crippen MR) is 76.2 cm³/mol. The van der Waals surface area contributed by atoms with Gasteiger partial charge in [-0.15, -0.1) is 11.8 Å². The lowest BCUT2D eigenvalue weighted by molar-refractivity contribution is 1.27. The molecule has 16 heavy (non-hydrogen) atoms. The van der Waals surface area contributed by atoms with E-state index < -0.39 is 0 Å². The Labute approximate surface area is 115 Å². The number of thioether (sulfide) groups is 1. The zero-order valence-electron chi connectivity index (χ0n) is 8.98. The Bertz CT molecular complexity index is 377. The SMILES string of the molecule is CSc1c(C)cc(NCC=C(Cl)Cl)cc1Cl. The fourth-order valence-electron chi connectivity index (χ4n) is 1.34. The molecule has 0 spiro atoms. The Morgan fingerprint density at radius 3 is 2.62 bits per heavy atom. The summed E-state index contributed by atoms with van der Waals surface area (Å²) in [6.07, 6.45) is 3.70. The molecule has 0 bridgehead atoms. The van der Waals surface area contributed by atoms with E-state index in [1.807, 2.05) is 25.3 Å². The van der Waals surface area contributed by atoms with Gasteiger partial charge in [0.15, 0.2) is 0 Å². The van der Waals surface area contributed by atoms with Gasteiger partial charge >= 0.3 is 0 Å². The van der Waals surface area contributed by atoms with E-state index in [1.54, 1.807) is 17.8 Å². The summed E-state index contributed by atoms with van der Waals surface area (Å²) in [5.41, 5.74) is 2.12. The minimum Gasteiger partial charge on any atom is -0.381 e. The van der Waals surface area contributed by atoms with Crippen LogP contribution in [0.1, 0.15) is 5.56 Å². The van der Waals surface area contributed by atoms with E-state index in [-0.39, 0.29) is 4.49 Å². The van der Waals surface area contributed by atoms with Crippen LogP contribution in [0.3, 0.4) is 0 Å². The quantitative estimate of drug-likeness (QED) is 0.776. The third kappa shape index (κ3) is 4.10. The molecule has 0 aliphatic carbocycles. The molecule has 1 N–H and O–H groups in total. The molecule has 88 valence electrons. The maximum atomic E-state index is 6.15. The maximum Gasteiger partial charge on any atom is 0.104 e. The Balaban J connectivity index is 2.80. The van der Waals surface area contributed by atoms with Gasteiger partial charge in [-0.2, -0.15) is 0 Å². The van der Waals surface area contributed by atoms with Crippen LogP contribution >= 0.6 is 46.6 Å². The van der Waals surface area contributed by atoms with Crippen molar-refractivity contribution < 1.29 is 0 Å². The van der Waals surface area contributed by atoms with Crippen molar-refractivity contribution in [3.63, 3.8) is 0 Å². The molecule has 5 heteroatoms. The normalized spacial score (nSPS) is 10.1. The lowest BCUT2D eigenvalue weighted by Crippen LogP contribution is -1.99. The number of aryl methyl sites for hydroxylation is 1. The summed E-state index contributed by atoms with van der Waals surface area (Å²) in [5, 5.41) is 3.93. The molecule has 0 atom stereocenters. The lowest BCUT2D eigenvalue weighted by Gasteiger charge is -2.10. The van der Waals surface area contributed by atoms with E-state index >= 15 is 0 Å². The highest BCUT2D eigenvalue weighted by molar-refractivity contribution is 7.98. The molecule has 0 fully saturated rings. The van der Waals surface area contributed by atoms with Gasteiger partial charge in [-0.25, -0.2) is 0 Å². The summed E-state index contributed by atoms with van der Waals surface area (Å²) in [6, 6.07) is 3.95. The molecule has 1 nitrogen and oxygen atoms in total. The van der Waals surface area contributed by atoms with Crippen LogP contribution in [0.2, 0.25) is 5.02 Å². The van der Waals surface area contributed by atoms with Crippen molar-refractivity contribution in [3.8, 4) is 0 Å². The van der Waals surface area contributed by atoms with E-state index in [1.165, 1.54) is 0 Å². The third-order valence-electron chi connectivity index (χ3n) is 2.00. The largest absolute Gasteiger partial charge is 0.381 e. The van der Waals surface area contributed by atoms with Crippen molar-refractivity contribution >= 4 is 52.3 Å². The van der Waals surface area contributed by atoms with Crippen LogP contribution in [-0.2, 0) is 0 Å². The third-order valence-corrected chi connectivity index (χ3v) is 3.66. The Hall–Kier alpha value is -0.0200. The molecule has 1 aromatic rings. The first kappa shape index (κ1) is 14.0. The fourth-order valence-corrected chi connectivity index (χ4v) is 2.62. The van der Waals surface area contributed by atoms with Gasteiger partial charge in [0.1, 0.15) is 4.49 Å². The highest BCUT2D eigenvalue weighted by atomic mass is 35.5. The van der Waals surface area contributed by atoms with Crippen LogP contribution in [-0.4, -0.2) is 12.8 Å². The molecule has 0 unspecified atom stereocenters. The summed E-state index contributed by atoms with van der Waals surface area (Å²) in [4.78, 5) is 1.11. The monoisotopic (exact) mass is 295 g/mol. The number of halogens is 3. The summed E-state index contributed by atoms with van der Waals surface area (Å²) >= 11 is 18.8. The van der Waals surface area contributed by atoms with Crippen LogP contribution in [0.25, 0.3) is 0 Å². The minimum atomic E-state index is 0.260. The lowest BCUT2D eigenvalue weighted by atomic mass is 10.2. The molecule has 0 aromatic heterocycles. The molecule has 0 saturated carbocycles. The van der Waals surface area contributed by atoms with Crippen LogP contribution in [0, 0.1) is 6.92 Å². The molecule has 0 saturated heterocycles. The van der Waals surface area contributed by atoms with Gasteiger partial charge < -0.3 is 5.32 Å². The second-order valence-electron chi connectivity index (χ2n) is 3.18. The first-order valence-electron chi connectivity index (χ1n) is 4.63. The van der Waals surface area contributed by atoms with Crippen molar-refractivity contribution in [3.05, 3.63) is 33.3 Å². The fraction of sp³-hybridized carbons (Fsp3) is 0.273. The van der Waals surface area contributed by atoms with Crippen molar-refractivity contribution in [1.29, 1.82) is 0 Å². The van der Waals surface area contributed by atoms with Crippen LogP contribution in [0.5, 0.6) is 0 Å². The van der Waals surface area contributed by atoms with Gasteiger partial charge in [0.2, 0.25) is 0 Å². The van der Waals surface area contributed by atoms with Crippen molar-refractivity contribution in [2.75, 3.05) is 18.1 Å². The molecular formula is C11H12Cl3NS. The molecule has 0 amide bonds. The Kier molecular flexibility index (Phi) is 5.84. The minimum absolute atomic E-state index is 0.260. The average molecular weight is 297 g/mol. The van der Waals surface area contributed by atoms with Gasteiger partial charge in [-0.3, -0.25) is 0 Å². The van der Waals surface area contributed by atoms with Gasteiger partial charge in [0.25, 0.3) is 0 Å². The molecule has 1 rings (SSSR count). The van der Waals surface area contributed by atoms with E-state index in [2.05, 4.69) is 5.32 Å². The van der Waals surface area contributed by atoms with Gasteiger partial charge in [0, 0.05) is 17.1 Å². The predicted octanol–water partition coefficient (Wildman–Crippen LogP) is 5.10. The second-order valence-corrected chi connectivity index (χ2v) is 5.41. The highest BCUT2D eigenvalue weighted by Gasteiger charge is 2.04. The number of benzene rings is 1. The topological polar surface area (TPSA) is 12.0 Å². The smallest absolute Gasteiger partial charge is 0.104 e. The zero-order chi connectivity index (χ0) is 12.1. The van der Waals surface area contributed by atoms with Gasteiger partial charge in [0.05, 0.1) is 5.02 Å². The van der Waals surface area contributed by atoms with Gasteiger partial charge in [-0.1, -0.05) is 34.8 Å². The average Bonchev–Trinajstić information content (AvgIpc) is 2.16. The van der Waals surface area contributed by atoms with Crippen molar-refractivity contribution in [2.45, 2.75) is 11.8 Å². The van der Waals surface area contributed by atoms with Crippen LogP contribution in [0.4, 0.5) is 5.69 Å². The summed E-state index contributed by atoms with van der Waals surface area (Å²) in [5.74, 6) is 0. The van der Waals surface area contributed by atoms with E-state index in [0.717, 1.165) is 21.2 Å². The van der Waals surface area contributed by atoms with Crippen molar-refractivity contribution in [2.24, 2.45) is 0 Å². The number of nitrogens with one attached hydrogen (secondary N) is 1. The van der Waals surface area contributed by atoms with Gasteiger partial charge in [-0.05, 0) is 37.0 Å². The van der Waals surface area contributed by atoms with E-state index in [0.29, 0.717) is 6.54 Å². The van der Waals surface area contributed by atoms with Crippen LogP contribution < -0.4 is 5.32 Å². The number of rotatable bonds is 4. The first-order chi connectivity index (χ1) is 7.54. The molecule has 0 radical (unpaired) electrons. The highest BCUT2D eigenvalue weighted by Crippen LogP contribution is 2.31.